The number of carbonyl (C=O) groups is 2. The van der Waals surface area contributed by atoms with E-state index in [1.807, 2.05) is 44.2 Å². The number of anilines is 1. The molecular formula is C29H32N8O5. The molecule has 0 fully saturated rings. The molecule has 42 heavy (non-hydrogen) atoms. The summed E-state index contributed by atoms with van der Waals surface area (Å²) in [6.07, 6.45) is 3.07. The van der Waals surface area contributed by atoms with Crippen LogP contribution in [0.2, 0.25) is 0 Å². The molecule has 1 amide bonds. The van der Waals surface area contributed by atoms with Crippen LogP contribution in [0.25, 0.3) is 22.3 Å². The highest BCUT2D eigenvalue weighted by atomic mass is 16.5. The van der Waals surface area contributed by atoms with Crippen molar-refractivity contribution in [2.75, 3.05) is 12.4 Å². The molecule has 5 heterocycles. The fourth-order valence-electron chi connectivity index (χ4n) is 4.10. The Labute approximate surface area is 240 Å². The van der Waals surface area contributed by atoms with E-state index in [9.17, 15) is 19.5 Å². The van der Waals surface area contributed by atoms with Gasteiger partial charge in [-0.3, -0.25) is 9.59 Å². The lowest BCUT2D eigenvalue weighted by Crippen LogP contribution is -2.20. The minimum atomic E-state index is -0.590. The summed E-state index contributed by atoms with van der Waals surface area (Å²) >= 11 is 0. The zero-order valence-electron chi connectivity index (χ0n) is 21.7. The van der Waals surface area contributed by atoms with Crippen LogP contribution in [0.3, 0.4) is 0 Å². The smallest absolute Gasteiger partial charge is 0.343 e. The molecule has 0 aliphatic heterocycles. The normalized spacial score (nSPS) is 10.4. The van der Waals surface area contributed by atoms with Crippen molar-refractivity contribution < 1.29 is 19.4 Å². The van der Waals surface area contributed by atoms with E-state index in [1.165, 1.54) is 28.5 Å². The molecule has 0 unspecified atom stereocenters. The molecule has 0 saturated carbocycles. The second kappa shape index (κ2) is 12.7. The maximum atomic E-state index is 12.4. The highest BCUT2D eigenvalue weighted by Gasteiger charge is 2.19. The molecule has 13 heteroatoms. The van der Waals surface area contributed by atoms with E-state index in [2.05, 4.69) is 30.5 Å². The Morgan fingerprint density at radius 1 is 0.952 bits per heavy atom. The van der Waals surface area contributed by atoms with Crippen molar-refractivity contribution in [3.63, 3.8) is 0 Å². The number of aromatic hydroxyl groups is 1. The number of fused-ring (bicyclic) bond motifs is 4. The largest absolute Gasteiger partial charge is 0.507 e. The van der Waals surface area contributed by atoms with Gasteiger partial charge in [-0.2, -0.15) is 19.2 Å². The van der Waals surface area contributed by atoms with Gasteiger partial charge in [0.2, 0.25) is 5.91 Å². The zero-order valence-corrected chi connectivity index (χ0v) is 21.7. The number of rotatable bonds is 4. The summed E-state index contributed by atoms with van der Waals surface area (Å²) in [5.41, 5.74) is 3.79. The highest BCUT2D eigenvalue weighted by molar-refractivity contribution is 6.00. The van der Waals surface area contributed by atoms with Crippen molar-refractivity contribution in [3.8, 4) is 5.75 Å². The van der Waals surface area contributed by atoms with E-state index in [4.69, 9.17) is 4.74 Å². The van der Waals surface area contributed by atoms with E-state index >= 15 is 0 Å². The van der Waals surface area contributed by atoms with Crippen LogP contribution in [0.4, 0.5) is 5.82 Å². The van der Waals surface area contributed by atoms with Crippen molar-refractivity contribution in [3.05, 3.63) is 93.8 Å². The number of nitrogens with one attached hydrogen (secondary N) is 2. The molecule has 0 saturated heterocycles. The van der Waals surface area contributed by atoms with Crippen LogP contribution in [0.1, 0.15) is 42.2 Å². The third-order valence-corrected chi connectivity index (χ3v) is 5.87. The second-order valence-electron chi connectivity index (χ2n) is 8.87. The maximum absolute atomic E-state index is 12.4. The lowest BCUT2D eigenvalue weighted by Gasteiger charge is -2.11. The van der Waals surface area contributed by atoms with Gasteiger partial charge in [-0.15, -0.1) is 0 Å². The van der Waals surface area contributed by atoms with Crippen LogP contribution in [-0.4, -0.2) is 58.3 Å². The molecule has 0 radical (unpaired) electrons. The van der Waals surface area contributed by atoms with Gasteiger partial charge in [0.1, 0.15) is 17.0 Å². The Morgan fingerprint density at radius 2 is 1.57 bits per heavy atom. The standard InChI is InChI=1S/C17H16N4O3.C10H8N4O2.2CH4/c1-11-8-14-18-10-13(17(23)24-2)16(21(14)20-11)19-15(22)9-12-6-4-3-5-7-12;1-5-2-8-11-4-6-7(15)3-9(16)12-10(6)14(8)13-5;;/h3-8,10H,9H2,1-2H3,(H,19,22);2-4H,1H3,(H2,12,15,16);2*1H4. The van der Waals surface area contributed by atoms with Crippen LogP contribution in [0.15, 0.2) is 65.7 Å². The number of carbonyl (C=O) groups excluding carboxylic acids is 2. The van der Waals surface area contributed by atoms with E-state index in [0.29, 0.717) is 22.3 Å². The summed E-state index contributed by atoms with van der Waals surface area (Å²) in [5, 5.41) is 21.3. The summed E-state index contributed by atoms with van der Waals surface area (Å²) in [4.78, 5) is 46.6. The first-order valence-electron chi connectivity index (χ1n) is 12.1. The highest BCUT2D eigenvalue weighted by Crippen LogP contribution is 2.21. The van der Waals surface area contributed by atoms with Crippen molar-refractivity contribution in [1.82, 2.24) is 34.2 Å². The van der Waals surface area contributed by atoms with Crippen molar-refractivity contribution in [1.29, 1.82) is 0 Å². The van der Waals surface area contributed by atoms with Crippen LogP contribution >= 0.6 is 0 Å². The quantitative estimate of drug-likeness (QED) is 0.266. The number of amides is 1. The number of H-pyrrole nitrogens is 1. The van der Waals surface area contributed by atoms with Gasteiger partial charge in [0.25, 0.3) is 5.56 Å². The summed E-state index contributed by atoms with van der Waals surface area (Å²) in [7, 11) is 1.27. The molecule has 13 nitrogen and oxygen atoms in total. The number of ether oxygens (including phenoxy) is 1. The molecule has 6 rings (SSSR count). The summed E-state index contributed by atoms with van der Waals surface area (Å²) in [5.74, 6) is -0.693. The molecule has 0 aliphatic carbocycles. The second-order valence-corrected chi connectivity index (χ2v) is 8.87. The van der Waals surface area contributed by atoms with Crippen LogP contribution < -0.4 is 10.9 Å². The van der Waals surface area contributed by atoms with Gasteiger partial charge in [0.15, 0.2) is 17.1 Å². The molecule has 0 bridgehead atoms. The Kier molecular flexibility index (Phi) is 9.37. The van der Waals surface area contributed by atoms with Gasteiger partial charge in [-0.05, 0) is 19.4 Å². The summed E-state index contributed by atoms with van der Waals surface area (Å²) in [6, 6.07) is 14.0. The first kappa shape index (κ1) is 30.9. The number of aromatic amines is 1. The summed E-state index contributed by atoms with van der Waals surface area (Å²) in [6.45, 7) is 3.64. The topological polar surface area (TPSA) is 169 Å². The Morgan fingerprint density at radius 3 is 2.24 bits per heavy atom. The fourth-order valence-corrected chi connectivity index (χ4v) is 4.10. The van der Waals surface area contributed by atoms with Crippen molar-refractivity contribution in [2.24, 2.45) is 0 Å². The molecule has 0 spiro atoms. The third-order valence-electron chi connectivity index (χ3n) is 5.87. The molecule has 6 aromatic rings. The molecular weight excluding hydrogens is 540 g/mol. The Bertz CT molecular complexity index is 1940. The Hall–Kier alpha value is -5.59. The number of benzene rings is 1. The van der Waals surface area contributed by atoms with Gasteiger partial charge in [-0.1, -0.05) is 45.2 Å². The SMILES string of the molecule is C.C.COC(=O)c1cnc2cc(C)nn2c1NC(=O)Cc1ccccc1.Cc1cc2ncc3c(O)cc(=O)[nH]c3n2n1. The monoisotopic (exact) mass is 572 g/mol. The first-order chi connectivity index (χ1) is 19.2. The minimum absolute atomic E-state index is 0. The number of aryl methyl sites for hydroxylation is 2. The number of hydrogen-bond donors (Lipinski definition) is 3. The van der Waals surface area contributed by atoms with Crippen LogP contribution in [-0.2, 0) is 16.0 Å². The number of nitrogens with zero attached hydrogens (tertiary/aromatic N) is 6. The van der Waals surface area contributed by atoms with Gasteiger partial charge in [0, 0.05) is 30.6 Å². The van der Waals surface area contributed by atoms with E-state index in [1.54, 1.807) is 12.1 Å². The number of esters is 1. The number of pyridine rings is 1. The Balaban J connectivity index is 0.000000235. The average Bonchev–Trinajstić information content (AvgIpc) is 3.50. The zero-order chi connectivity index (χ0) is 28.4. The van der Waals surface area contributed by atoms with Crippen LogP contribution in [0.5, 0.6) is 5.75 Å². The van der Waals surface area contributed by atoms with Crippen molar-refractivity contribution in [2.45, 2.75) is 35.1 Å². The number of aromatic nitrogens is 7. The first-order valence-corrected chi connectivity index (χ1v) is 12.1. The maximum Gasteiger partial charge on any atom is 0.343 e. The molecule has 0 atom stereocenters. The summed E-state index contributed by atoms with van der Waals surface area (Å²) < 4.78 is 7.70. The predicted molar refractivity (Wildman–Crippen MR) is 159 cm³/mol. The number of methoxy groups -OCH3 is 1. The fraction of sp³-hybridized carbons (Fsp3) is 0.207. The van der Waals surface area contributed by atoms with Gasteiger partial charge in [0.05, 0.1) is 30.3 Å². The van der Waals surface area contributed by atoms with Crippen molar-refractivity contribution >= 4 is 40.0 Å². The molecule has 3 N–H and O–H groups in total. The van der Waals surface area contributed by atoms with Gasteiger partial charge in [-0.25, -0.2) is 14.8 Å². The molecule has 218 valence electrons. The lowest BCUT2D eigenvalue weighted by atomic mass is 10.1. The third kappa shape index (κ3) is 6.25. The van der Waals surface area contributed by atoms with E-state index in [-0.39, 0.29) is 49.9 Å². The van der Waals surface area contributed by atoms with Gasteiger partial charge < -0.3 is 20.1 Å². The van der Waals surface area contributed by atoms with Crippen LogP contribution in [0, 0.1) is 13.8 Å². The molecule has 0 aliphatic rings. The molecule has 1 aromatic carbocycles. The minimum Gasteiger partial charge on any atom is -0.507 e. The lowest BCUT2D eigenvalue weighted by molar-refractivity contribution is -0.115. The van der Waals surface area contributed by atoms with E-state index in [0.717, 1.165) is 23.0 Å². The average molecular weight is 573 g/mol. The number of hydrogen-bond acceptors (Lipinski definition) is 9. The predicted octanol–water partition coefficient (Wildman–Crippen LogP) is 3.86. The molecule has 5 aromatic heterocycles. The van der Waals surface area contributed by atoms with E-state index < -0.39 is 5.97 Å². The van der Waals surface area contributed by atoms with Gasteiger partial charge >= 0.3 is 5.97 Å².